The second kappa shape index (κ2) is 6.11. The van der Waals surface area contributed by atoms with E-state index in [0.29, 0.717) is 17.8 Å². The quantitative estimate of drug-likeness (QED) is 0.577. The van der Waals surface area contributed by atoms with Crippen LogP contribution in [0.4, 0.5) is 11.4 Å². The third-order valence-corrected chi connectivity index (χ3v) is 3.86. The van der Waals surface area contributed by atoms with Crippen molar-refractivity contribution in [1.29, 1.82) is 0 Å². The molecule has 0 heterocycles. The van der Waals surface area contributed by atoms with Crippen molar-refractivity contribution in [2.24, 2.45) is 5.41 Å². The molecule has 1 aliphatic carbocycles. The van der Waals surface area contributed by atoms with E-state index in [1.165, 1.54) is 31.7 Å². The summed E-state index contributed by atoms with van der Waals surface area (Å²) in [6, 6.07) is 4.99. The minimum atomic E-state index is -0.408. The standard InChI is InChI=1S/C15H22N2O3/c1-3-7-15(8-9-15)11-16-12-5-6-13(17(18)19)14(10-12)20-4-2/h5-6,10,16H,3-4,7-9,11H2,1-2H3. The predicted octanol–water partition coefficient (Wildman–Crippen LogP) is 3.99. The largest absolute Gasteiger partial charge is 0.487 e. The van der Waals surface area contributed by atoms with Crippen LogP contribution >= 0.6 is 0 Å². The van der Waals surface area contributed by atoms with E-state index in [2.05, 4.69) is 12.2 Å². The summed E-state index contributed by atoms with van der Waals surface area (Å²) >= 11 is 0. The van der Waals surface area contributed by atoms with Crippen LogP contribution in [-0.4, -0.2) is 18.1 Å². The van der Waals surface area contributed by atoms with E-state index in [9.17, 15) is 10.1 Å². The van der Waals surface area contributed by atoms with Crippen molar-refractivity contribution in [1.82, 2.24) is 0 Å². The summed E-state index contributed by atoms with van der Waals surface area (Å²) in [6.07, 6.45) is 5.00. The Kier molecular flexibility index (Phi) is 4.47. The van der Waals surface area contributed by atoms with Crippen LogP contribution in [0.15, 0.2) is 18.2 Å². The van der Waals surface area contributed by atoms with Gasteiger partial charge in [0.15, 0.2) is 5.75 Å². The molecule has 5 nitrogen and oxygen atoms in total. The van der Waals surface area contributed by atoms with Crippen LogP contribution in [-0.2, 0) is 0 Å². The van der Waals surface area contributed by atoms with Gasteiger partial charge in [-0.1, -0.05) is 13.3 Å². The predicted molar refractivity (Wildman–Crippen MR) is 79.3 cm³/mol. The van der Waals surface area contributed by atoms with Crippen LogP contribution in [0.3, 0.4) is 0 Å². The molecule has 1 N–H and O–H groups in total. The number of rotatable bonds is 8. The molecular formula is C15H22N2O3. The van der Waals surface area contributed by atoms with Crippen LogP contribution in [0.25, 0.3) is 0 Å². The molecule has 1 aliphatic rings. The molecule has 0 radical (unpaired) electrons. The van der Waals surface area contributed by atoms with Gasteiger partial charge in [-0.2, -0.15) is 0 Å². The highest BCUT2D eigenvalue weighted by Gasteiger charge is 2.41. The number of anilines is 1. The van der Waals surface area contributed by atoms with E-state index in [0.717, 1.165) is 12.2 Å². The first-order valence-corrected chi connectivity index (χ1v) is 7.25. The third kappa shape index (κ3) is 3.40. The lowest BCUT2D eigenvalue weighted by Gasteiger charge is -2.16. The van der Waals surface area contributed by atoms with Gasteiger partial charge in [0, 0.05) is 24.4 Å². The maximum atomic E-state index is 10.9. The second-order valence-corrected chi connectivity index (χ2v) is 5.48. The number of nitrogens with one attached hydrogen (secondary N) is 1. The monoisotopic (exact) mass is 278 g/mol. The fourth-order valence-electron chi connectivity index (χ4n) is 2.56. The maximum Gasteiger partial charge on any atom is 0.311 e. The van der Waals surface area contributed by atoms with Crippen LogP contribution in [0.5, 0.6) is 5.75 Å². The molecule has 2 rings (SSSR count). The van der Waals surface area contributed by atoms with E-state index >= 15 is 0 Å². The first kappa shape index (κ1) is 14.6. The molecule has 0 atom stereocenters. The maximum absolute atomic E-state index is 10.9. The van der Waals surface area contributed by atoms with Gasteiger partial charge in [0.05, 0.1) is 11.5 Å². The molecule has 1 aromatic carbocycles. The fourth-order valence-corrected chi connectivity index (χ4v) is 2.56. The molecule has 0 saturated heterocycles. The van der Waals surface area contributed by atoms with Crippen molar-refractivity contribution in [2.45, 2.75) is 39.5 Å². The number of nitrogens with zero attached hydrogens (tertiary/aromatic N) is 1. The Balaban J connectivity index is 2.05. The molecule has 110 valence electrons. The lowest BCUT2D eigenvalue weighted by molar-refractivity contribution is -0.385. The van der Waals surface area contributed by atoms with Crippen molar-refractivity contribution in [3.05, 3.63) is 28.3 Å². The molecule has 20 heavy (non-hydrogen) atoms. The van der Waals surface area contributed by atoms with E-state index in [1.807, 2.05) is 6.92 Å². The number of hydrogen-bond acceptors (Lipinski definition) is 4. The average molecular weight is 278 g/mol. The first-order chi connectivity index (χ1) is 9.60. The number of hydrogen-bond donors (Lipinski definition) is 1. The topological polar surface area (TPSA) is 64.4 Å². The third-order valence-electron chi connectivity index (χ3n) is 3.86. The summed E-state index contributed by atoms with van der Waals surface area (Å²) in [5.41, 5.74) is 1.36. The van der Waals surface area contributed by atoms with Gasteiger partial charge >= 0.3 is 5.69 Å². The minimum absolute atomic E-state index is 0.0205. The SMILES string of the molecule is CCCC1(CNc2ccc([N+](=O)[O-])c(OCC)c2)CC1. The minimum Gasteiger partial charge on any atom is -0.487 e. The summed E-state index contributed by atoms with van der Waals surface area (Å²) in [5.74, 6) is 0.336. The highest BCUT2D eigenvalue weighted by atomic mass is 16.6. The zero-order chi connectivity index (χ0) is 14.6. The van der Waals surface area contributed by atoms with Gasteiger partial charge in [-0.15, -0.1) is 0 Å². The molecule has 5 heteroatoms. The molecule has 0 spiro atoms. The Labute approximate surface area is 119 Å². The summed E-state index contributed by atoms with van der Waals surface area (Å²) in [7, 11) is 0. The Bertz CT molecular complexity index is 484. The van der Waals surface area contributed by atoms with Gasteiger partial charge in [0.1, 0.15) is 0 Å². The van der Waals surface area contributed by atoms with Crippen molar-refractivity contribution in [3.8, 4) is 5.75 Å². The van der Waals surface area contributed by atoms with E-state index in [-0.39, 0.29) is 5.69 Å². The first-order valence-electron chi connectivity index (χ1n) is 7.25. The highest BCUT2D eigenvalue weighted by molar-refractivity contribution is 5.58. The van der Waals surface area contributed by atoms with E-state index in [4.69, 9.17) is 4.74 Å². The molecule has 0 bridgehead atoms. The number of nitro groups is 1. The summed E-state index contributed by atoms with van der Waals surface area (Å²) in [6.45, 7) is 5.39. The summed E-state index contributed by atoms with van der Waals surface area (Å²) in [4.78, 5) is 10.5. The second-order valence-electron chi connectivity index (χ2n) is 5.48. The smallest absolute Gasteiger partial charge is 0.311 e. The van der Waals surface area contributed by atoms with Crippen molar-refractivity contribution in [2.75, 3.05) is 18.5 Å². The Morgan fingerprint density at radius 3 is 2.70 bits per heavy atom. The average Bonchev–Trinajstić information content (AvgIpc) is 3.17. The zero-order valence-electron chi connectivity index (χ0n) is 12.1. The normalized spacial score (nSPS) is 15.7. The molecule has 0 unspecified atom stereocenters. The van der Waals surface area contributed by atoms with E-state index in [1.54, 1.807) is 12.1 Å². The van der Waals surface area contributed by atoms with Crippen LogP contribution < -0.4 is 10.1 Å². The Morgan fingerprint density at radius 2 is 2.15 bits per heavy atom. The molecule has 1 saturated carbocycles. The van der Waals surface area contributed by atoms with Gasteiger partial charge in [0.2, 0.25) is 0 Å². The Hall–Kier alpha value is -1.78. The van der Waals surface area contributed by atoms with Gasteiger partial charge < -0.3 is 10.1 Å². The van der Waals surface area contributed by atoms with Crippen LogP contribution in [0.2, 0.25) is 0 Å². The zero-order valence-corrected chi connectivity index (χ0v) is 12.1. The summed E-state index contributed by atoms with van der Waals surface area (Å²) < 4.78 is 5.35. The van der Waals surface area contributed by atoms with Crippen molar-refractivity contribution in [3.63, 3.8) is 0 Å². The molecule has 0 aliphatic heterocycles. The molecular weight excluding hydrogens is 256 g/mol. The number of ether oxygens (including phenoxy) is 1. The van der Waals surface area contributed by atoms with Crippen LogP contribution in [0, 0.1) is 15.5 Å². The molecule has 1 aromatic rings. The van der Waals surface area contributed by atoms with Gasteiger partial charge in [0.25, 0.3) is 0 Å². The number of nitro benzene ring substituents is 1. The molecule has 1 fully saturated rings. The highest BCUT2D eigenvalue weighted by Crippen LogP contribution is 2.49. The molecule has 0 amide bonds. The Morgan fingerprint density at radius 1 is 1.40 bits per heavy atom. The molecule has 0 aromatic heterocycles. The van der Waals surface area contributed by atoms with Crippen molar-refractivity contribution < 1.29 is 9.66 Å². The van der Waals surface area contributed by atoms with Crippen LogP contribution in [0.1, 0.15) is 39.5 Å². The van der Waals surface area contributed by atoms with Gasteiger partial charge in [-0.3, -0.25) is 10.1 Å². The fraction of sp³-hybridized carbons (Fsp3) is 0.600. The van der Waals surface area contributed by atoms with Crippen molar-refractivity contribution >= 4 is 11.4 Å². The lowest BCUT2D eigenvalue weighted by atomic mass is 10.0. The van der Waals surface area contributed by atoms with E-state index < -0.39 is 4.92 Å². The van der Waals surface area contributed by atoms with Gasteiger partial charge in [-0.25, -0.2) is 0 Å². The van der Waals surface area contributed by atoms with Gasteiger partial charge in [-0.05, 0) is 37.7 Å². The summed E-state index contributed by atoms with van der Waals surface area (Å²) in [5, 5.41) is 14.3. The lowest BCUT2D eigenvalue weighted by Crippen LogP contribution is -2.15. The number of benzene rings is 1.